The second kappa shape index (κ2) is 5.47. The van der Waals surface area contributed by atoms with Gasteiger partial charge in [-0.3, -0.25) is 0 Å². The van der Waals surface area contributed by atoms with Gasteiger partial charge in [0.25, 0.3) is 0 Å². The summed E-state index contributed by atoms with van der Waals surface area (Å²) in [6.45, 7) is 5.49. The number of hydrogen-bond donors (Lipinski definition) is 2. The van der Waals surface area contributed by atoms with Gasteiger partial charge in [-0.05, 0) is 45.2 Å². The van der Waals surface area contributed by atoms with Crippen LogP contribution in [0.1, 0.15) is 25.0 Å². The molecule has 2 rings (SSSR count). The lowest BCUT2D eigenvalue weighted by molar-refractivity contribution is 0.364. The molecule has 0 radical (unpaired) electrons. The summed E-state index contributed by atoms with van der Waals surface area (Å²) in [5.74, 6) is 0.854. The van der Waals surface area contributed by atoms with Crippen LogP contribution >= 0.6 is 11.3 Å². The molecular formula is C11H19N3S. The number of hydrogen-bond acceptors (Lipinski definition) is 4. The highest BCUT2D eigenvalue weighted by Gasteiger charge is 2.12. The van der Waals surface area contributed by atoms with E-state index in [9.17, 15) is 0 Å². The maximum Gasteiger partial charge on any atom is 0.182 e. The molecule has 1 aromatic heterocycles. The van der Waals surface area contributed by atoms with E-state index in [4.69, 9.17) is 0 Å². The second-order valence-electron chi connectivity index (χ2n) is 4.22. The molecule has 84 valence electrons. The van der Waals surface area contributed by atoms with Gasteiger partial charge < -0.3 is 10.6 Å². The first kappa shape index (κ1) is 10.9. The van der Waals surface area contributed by atoms with Crippen LogP contribution in [-0.4, -0.2) is 24.6 Å². The zero-order valence-corrected chi connectivity index (χ0v) is 10.1. The van der Waals surface area contributed by atoms with Crippen molar-refractivity contribution in [1.29, 1.82) is 0 Å². The quantitative estimate of drug-likeness (QED) is 0.825. The number of anilines is 1. The molecule has 0 aromatic carbocycles. The number of nitrogens with zero attached hydrogens (tertiary/aromatic N) is 1. The van der Waals surface area contributed by atoms with Crippen LogP contribution in [0.4, 0.5) is 5.13 Å². The largest absolute Gasteiger partial charge is 0.362 e. The predicted octanol–water partition coefficient (Wildman–Crippen LogP) is 2.25. The first-order chi connectivity index (χ1) is 7.34. The van der Waals surface area contributed by atoms with Crippen molar-refractivity contribution >= 4 is 16.5 Å². The van der Waals surface area contributed by atoms with E-state index in [0.29, 0.717) is 0 Å². The van der Waals surface area contributed by atoms with Crippen molar-refractivity contribution in [1.82, 2.24) is 10.3 Å². The van der Waals surface area contributed by atoms with Crippen LogP contribution in [0.3, 0.4) is 0 Å². The number of rotatable bonds is 4. The van der Waals surface area contributed by atoms with Crippen LogP contribution in [0.15, 0.2) is 5.38 Å². The smallest absolute Gasteiger partial charge is 0.182 e. The van der Waals surface area contributed by atoms with E-state index in [1.807, 2.05) is 6.92 Å². The average molecular weight is 225 g/mol. The summed E-state index contributed by atoms with van der Waals surface area (Å²) in [6.07, 6.45) is 3.97. The Kier molecular flexibility index (Phi) is 3.97. The molecule has 1 aliphatic heterocycles. The van der Waals surface area contributed by atoms with Crippen molar-refractivity contribution in [2.75, 3.05) is 25.0 Å². The Balaban J connectivity index is 1.65. The Morgan fingerprint density at radius 3 is 3.27 bits per heavy atom. The van der Waals surface area contributed by atoms with Crippen molar-refractivity contribution in [3.63, 3.8) is 0 Å². The third kappa shape index (κ3) is 3.47. The number of aryl methyl sites for hydroxylation is 1. The van der Waals surface area contributed by atoms with E-state index in [1.54, 1.807) is 11.3 Å². The number of thiazole rings is 1. The summed E-state index contributed by atoms with van der Waals surface area (Å²) < 4.78 is 0. The lowest BCUT2D eigenvalue weighted by atomic mass is 9.96. The van der Waals surface area contributed by atoms with Crippen LogP contribution < -0.4 is 10.6 Å². The Morgan fingerprint density at radius 1 is 1.67 bits per heavy atom. The fourth-order valence-corrected chi connectivity index (χ4v) is 2.71. The first-order valence-corrected chi connectivity index (χ1v) is 6.59. The van der Waals surface area contributed by atoms with Gasteiger partial charge >= 0.3 is 0 Å². The van der Waals surface area contributed by atoms with Crippen molar-refractivity contribution in [3.05, 3.63) is 11.1 Å². The zero-order chi connectivity index (χ0) is 10.5. The van der Waals surface area contributed by atoms with Gasteiger partial charge in [-0.15, -0.1) is 11.3 Å². The molecule has 0 amide bonds. The highest BCUT2D eigenvalue weighted by atomic mass is 32.1. The summed E-state index contributed by atoms with van der Waals surface area (Å²) in [5, 5.41) is 9.99. The average Bonchev–Trinajstić information content (AvgIpc) is 2.66. The molecule has 15 heavy (non-hydrogen) atoms. The van der Waals surface area contributed by atoms with Crippen LogP contribution in [0.5, 0.6) is 0 Å². The Labute approximate surface area is 95.3 Å². The fourth-order valence-electron chi connectivity index (χ4n) is 1.99. The molecule has 4 heteroatoms. The van der Waals surface area contributed by atoms with Crippen molar-refractivity contribution in [3.8, 4) is 0 Å². The zero-order valence-electron chi connectivity index (χ0n) is 9.25. The monoisotopic (exact) mass is 225 g/mol. The van der Waals surface area contributed by atoms with Gasteiger partial charge in [-0.2, -0.15) is 0 Å². The lowest BCUT2D eigenvalue weighted by Gasteiger charge is -2.22. The second-order valence-corrected chi connectivity index (χ2v) is 5.08. The number of aromatic nitrogens is 1. The lowest BCUT2D eigenvalue weighted by Crippen LogP contribution is -2.30. The molecule has 1 fully saturated rings. The molecule has 2 heterocycles. The van der Waals surface area contributed by atoms with Gasteiger partial charge in [0, 0.05) is 11.9 Å². The van der Waals surface area contributed by atoms with Crippen LogP contribution in [0, 0.1) is 12.8 Å². The van der Waals surface area contributed by atoms with Gasteiger partial charge in [0.2, 0.25) is 0 Å². The van der Waals surface area contributed by atoms with E-state index in [2.05, 4.69) is 21.0 Å². The molecule has 0 spiro atoms. The minimum absolute atomic E-state index is 0.854. The number of nitrogens with one attached hydrogen (secondary N) is 2. The summed E-state index contributed by atoms with van der Waals surface area (Å²) in [4.78, 5) is 4.39. The molecule has 1 aliphatic rings. The van der Waals surface area contributed by atoms with E-state index >= 15 is 0 Å². The molecule has 2 N–H and O–H groups in total. The van der Waals surface area contributed by atoms with Crippen molar-refractivity contribution < 1.29 is 0 Å². The van der Waals surface area contributed by atoms with E-state index in [-0.39, 0.29) is 0 Å². The molecule has 3 nitrogen and oxygen atoms in total. The maximum absolute atomic E-state index is 4.39. The van der Waals surface area contributed by atoms with Gasteiger partial charge in [-0.25, -0.2) is 4.98 Å². The molecule has 1 unspecified atom stereocenters. The topological polar surface area (TPSA) is 37.0 Å². The summed E-state index contributed by atoms with van der Waals surface area (Å²) >= 11 is 1.70. The molecule has 1 saturated heterocycles. The van der Waals surface area contributed by atoms with Gasteiger partial charge in [0.15, 0.2) is 5.13 Å². The number of piperidine rings is 1. The SMILES string of the molecule is Cc1csc(NCCC2CCCNC2)n1. The molecule has 1 aromatic rings. The summed E-state index contributed by atoms with van der Waals surface area (Å²) in [5.41, 5.74) is 1.11. The summed E-state index contributed by atoms with van der Waals surface area (Å²) in [7, 11) is 0. The molecule has 0 bridgehead atoms. The van der Waals surface area contributed by atoms with E-state index in [0.717, 1.165) is 23.3 Å². The molecule has 0 aliphatic carbocycles. The minimum atomic E-state index is 0.854. The Hall–Kier alpha value is -0.610. The normalized spacial score (nSPS) is 21.5. The fraction of sp³-hybridized carbons (Fsp3) is 0.727. The van der Waals surface area contributed by atoms with Crippen molar-refractivity contribution in [2.45, 2.75) is 26.2 Å². The minimum Gasteiger partial charge on any atom is -0.362 e. The standard InChI is InChI=1S/C11H19N3S/c1-9-8-15-11(14-9)13-6-4-10-3-2-5-12-7-10/h8,10,12H,2-7H2,1H3,(H,13,14). The molecule has 0 saturated carbocycles. The third-order valence-corrected chi connectivity index (χ3v) is 3.76. The van der Waals surface area contributed by atoms with Gasteiger partial charge in [0.1, 0.15) is 0 Å². The first-order valence-electron chi connectivity index (χ1n) is 5.71. The molecular weight excluding hydrogens is 206 g/mol. The maximum atomic E-state index is 4.39. The Morgan fingerprint density at radius 2 is 2.60 bits per heavy atom. The highest BCUT2D eigenvalue weighted by molar-refractivity contribution is 7.13. The predicted molar refractivity (Wildman–Crippen MR) is 65.6 cm³/mol. The molecule has 1 atom stereocenters. The van der Waals surface area contributed by atoms with E-state index < -0.39 is 0 Å². The highest BCUT2D eigenvalue weighted by Crippen LogP contribution is 2.17. The summed E-state index contributed by atoms with van der Waals surface area (Å²) in [6, 6.07) is 0. The van der Waals surface area contributed by atoms with Crippen molar-refractivity contribution in [2.24, 2.45) is 5.92 Å². The third-order valence-electron chi connectivity index (χ3n) is 2.85. The van der Waals surface area contributed by atoms with Gasteiger partial charge in [0.05, 0.1) is 5.69 Å². The van der Waals surface area contributed by atoms with E-state index in [1.165, 1.54) is 32.4 Å². The van der Waals surface area contributed by atoms with Crippen LogP contribution in [-0.2, 0) is 0 Å². The Bertz CT molecular complexity index is 292. The van der Waals surface area contributed by atoms with Gasteiger partial charge in [-0.1, -0.05) is 0 Å². The van der Waals surface area contributed by atoms with Crippen LogP contribution in [0.25, 0.3) is 0 Å². The van der Waals surface area contributed by atoms with Crippen LogP contribution in [0.2, 0.25) is 0 Å².